The number of alkyl halides is 1. The number of esters is 2. The third-order valence-electron chi connectivity index (χ3n) is 5.85. The Labute approximate surface area is 205 Å². The van der Waals surface area contributed by atoms with E-state index in [0.29, 0.717) is 25.7 Å². The molecule has 0 amide bonds. The lowest BCUT2D eigenvalue weighted by atomic mass is 9.73. The molecule has 0 aliphatic rings. The summed E-state index contributed by atoms with van der Waals surface area (Å²) in [6.07, 6.45) is 2.52. The molecule has 9 heteroatoms. The molecule has 0 fully saturated rings. The highest BCUT2D eigenvalue weighted by atomic mass is 79.9. The van der Waals surface area contributed by atoms with Crippen LogP contribution in [-0.4, -0.2) is 57.2 Å². The van der Waals surface area contributed by atoms with Crippen LogP contribution in [0.25, 0.3) is 0 Å². The SMILES string of the molecule is COC(=O)CCc1cccc(C(C)(CCCC(C)(C)CS(=O)(=O)CC(=O)OC)C(=O)CBr)c1. The maximum Gasteiger partial charge on any atom is 0.320 e. The van der Waals surface area contributed by atoms with Gasteiger partial charge < -0.3 is 9.47 Å². The van der Waals surface area contributed by atoms with E-state index in [1.54, 1.807) is 0 Å². The first kappa shape index (κ1) is 29.3. The fraction of sp³-hybridized carbons (Fsp3) is 0.625. The van der Waals surface area contributed by atoms with E-state index in [4.69, 9.17) is 4.74 Å². The molecular weight excluding hydrogens is 512 g/mol. The molecule has 186 valence electrons. The molecule has 7 nitrogen and oxygen atoms in total. The van der Waals surface area contributed by atoms with Gasteiger partial charge in [-0.2, -0.15) is 0 Å². The number of ketones is 1. The van der Waals surface area contributed by atoms with Crippen molar-refractivity contribution in [2.45, 2.75) is 58.3 Å². The fourth-order valence-corrected chi connectivity index (χ4v) is 6.42. The Morgan fingerprint density at radius 2 is 1.64 bits per heavy atom. The van der Waals surface area contributed by atoms with Gasteiger partial charge in [0.1, 0.15) is 5.75 Å². The highest BCUT2D eigenvalue weighted by Gasteiger charge is 2.35. The standard InChI is InChI=1S/C24H35BrO7S/c1-23(2,17-33(29,30)16-22(28)32-5)12-7-13-24(3,20(26)15-25)19-9-6-8-18(14-19)10-11-21(27)31-4/h6,8-9,14H,7,10-13,15-17H2,1-5H3. The van der Waals surface area contributed by atoms with Crippen LogP contribution in [0.15, 0.2) is 24.3 Å². The lowest BCUT2D eigenvalue weighted by Gasteiger charge is -2.31. The molecular formula is C24H35BrO7S. The molecule has 0 bridgehead atoms. The minimum Gasteiger partial charge on any atom is -0.469 e. The zero-order valence-electron chi connectivity index (χ0n) is 20.1. The Kier molecular flexibility index (Phi) is 11.2. The van der Waals surface area contributed by atoms with Crippen molar-refractivity contribution in [3.05, 3.63) is 35.4 Å². The summed E-state index contributed by atoms with van der Waals surface area (Å²) in [4.78, 5) is 35.8. The van der Waals surface area contributed by atoms with Gasteiger partial charge in [-0.1, -0.05) is 60.5 Å². The fourth-order valence-electron chi connectivity index (χ4n) is 3.89. The van der Waals surface area contributed by atoms with E-state index >= 15 is 0 Å². The van der Waals surface area contributed by atoms with E-state index in [2.05, 4.69) is 20.7 Å². The minimum atomic E-state index is -3.60. The maximum absolute atomic E-state index is 12.9. The summed E-state index contributed by atoms with van der Waals surface area (Å²) in [5, 5.41) is 0.201. The van der Waals surface area contributed by atoms with Crippen molar-refractivity contribution in [1.29, 1.82) is 0 Å². The topological polar surface area (TPSA) is 104 Å². The van der Waals surface area contributed by atoms with Crippen LogP contribution < -0.4 is 0 Å². The number of ether oxygens (including phenoxy) is 2. The summed E-state index contributed by atoms with van der Waals surface area (Å²) in [5.41, 5.74) is 0.491. The number of methoxy groups -OCH3 is 2. The molecule has 1 rings (SSSR count). The molecule has 0 saturated heterocycles. The van der Waals surface area contributed by atoms with E-state index < -0.39 is 32.4 Å². The number of hydrogen-bond acceptors (Lipinski definition) is 7. The number of carbonyl (C=O) groups is 3. The zero-order valence-corrected chi connectivity index (χ0v) is 22.5. The molecule has 0 radical (unpaired) electrons. The lowest BCUT2D eigenvalue weighted by molar-refractivity contribution is -0.140. The lowest BCUT2D eigenvalue weighted by Crippen LogP contribution is -2.35. The predicted molar refractivity (Wildman–Crippen MR) is 131 cm³/mol. The first-order chi connectivity index (χ1) is 15.3. The highest BCUT2D eigenvalue weighted by Crippen LogP contribution is 2.35. The maximum atomic E-state index is 12.9. The Bertz CT molecular complexity index is 940. The van der Waals surface area contributed by atoms with Crippen LogP contribution in [0.4, 0.5) is 0 Å². The smallest absolute Gasteiger partial charge is 0.320 e. The summed E-state index contributed by atoms with van der Waals surface area (Å²) in [5.74, 6) is -1.80. The van der Waals surface area contributed by atoms with Crippen LogP contribution in [0.5, 0.6) is 0 Å². The average molecular weight is 548 g/mol. The Balaban J connectivity index is 2.95. The van der Waals surface area contributed by atoms with Gasteiger partial charge in [-0.15, -0.1) is 0 Å². The summed E-state index contributed by atoms with van der Waals surface area (Å²) in [6.45, 7) is 5.59. The molecule has 0 spiro atoms. The summed E-state index contributed by atoms with van der Waals surface area (Å²) in [6, 6.07) is 7.66. The van der Waals surface area contributed by atoms with Crippen LogP contribution in [0.3, 0.4) is 0 Å². The highest BCUT2D eigenvalue weighted by molar-refractivity contribution is 9.09. The van der Waals surface area contributed by atoms with E-state index in [1.807, 2.05) is 45.0 Å². The van der Waals surface area contributed by atoms with Gasteiger partial charge in [0, 0.05) is 6.42 Å². The van der Waals surface area contributed by atoms with Crippen molar-refractivity contribution in [3.63, 3.8) is 0 Å². The Hall–Kier alpha value is -1.74. The summed E-state index contributed by atoms with van der Waals surface area (Å²) >= 11 is 3.29. The van der Waals surface area contributed by atoms with Gasteiger partial charge in [0.2, 0.25) is 0 Å². The monoisotopic (exact) mass is 546 g/mol. The molecule has 0 aliphatic heterocycles. The largest absolute Gasteiger partial charge is 0.469 e. The van der Waals surface area contributed by atoms with Gasteiger partial charge >= 0.3 is 11.9 Å². The van der Waals surface area contributed by atoms with Gasteiger partial charge in [0.05, 0.1) is 30.7 Å². The van der Waals surface area contributed by atoms with Gasteiger partial charge in [-0.05, 0) is 42.7 Å². The first-order valence-electron chi connectivity index (χ1n) is 10.8. The number of carbonyl (C=O) groups excluding carboxylic acids is 3. The number of sulfone groups is 1. The number of hydrogen-bond donors (Lipinski definition) is 0. The Morgan fingerprint density at radius 3 is 2.21 bits per heavy atom. The normalized spacial score (nSPS) is 13.8. The van der Waals surface area contributed by atoms with Gasteiger partial charge in [-0.25, -0.2) is 8.42 Å². The van der Waals surface area contributed by atoms with Crippen molar-refractivity contribution in [3.8, 4) is 0 Å². The van der Waals surface area contributed by atoms with Crippen LogP contribution >= 0.6 is 15.9 Å². The number of aryl methyl sites for hydroxylation is 1. The number of halogens is 1. The van der Waals surface area contributed by atoms with Crippen molar-refractivity contribution >= 4 is 43.5 Å². The molecule has 0 saturated carbocycles. The summed E-state index contributed by atoms with van der Waals surface area (Å²) < 4.78 is 33.8. The Morgan fingerprint density at radius 1 is 1.00 bits per heavy atom. The van der Waals surface area contributed by atoms with Crippen molar-refractivity contribution < 1.29 is 32.3 Å². The number of benzene rings is 1. The van der Waals surface area contributed by atoms with Crippen LogP contribution in [-0.2, 0) is 45.5 Å². The molecule has 0 heterocycles. The van der Waals surface area contributed by atoms with Crippen LogP contribution in [0, 0.1) is 5.41 Å². The van der Waals surface area contributed by atoms with Gasteiger partial charge in [-0.3, -0.25) is 14.4 Å². The molecule has 1 aromatic rings. The van der Waals surface area contributed by atoms with E-state index in [1.165, 1.54) is 7.11 Å². The van der Waals surface area contributed by atoms with Crippen LogP contribution in [0.1, 0.15) is 57.6 Å². The molecule has 33 heavy (non-hydrogen) atoms. The predicted octanol–water partition coefficient (Wildman–Crippen LogP) is 3.80. The van der Waals surface area contributed by atoms with Crippen molar-refractivity contribution in [1.82, 2.24) is 0 Å². The van der Waals surface area contributed by atoms with Crippen LogP contribution in [0.2, 0.25) is 0 Å². The van der Waals surface area contributed by atoms with E-state index in [-0.39, 0.29) is 29.3 Å². The number of Topliss-reactive ketones (excluding diaryl/α,β-unsaturated/α-hetero) is 1. The molecule has 1 unspecified atom stereocenters. The van der Waals surface area contributed by atoms with Gasteiger partial charge in [0.25, 0.3) is 0 Å². The second-order valence-corrected chi connectivity index (χ2v) is 11.9. The van der Waals surface area contributed by atoms with Gasteiger partial charge in [0.15, 0.2) is 15.6 Å². The molecule has 0 aliphatic carbocycles. The quantitative estimate of drug-likeness (QED) is 0.258. The molecule has 1 atom stereocenters. The average Bonchev–Trinajstić information content (AvgIpc) is 2.75. The number of rotatable bonds is 14. The zero-order chi connectivity index (χ0) is 25.3. The third kappa shape index (κ3) is 9.57. The first-order valence-corrected chi connectivity index (χ1v) is 13.8. The minimum absolute atomic E-state index is 0.0312. The molecule has 0 N–H and O–H groups in total. The van der Waals surface area contributed by atoms with Crippen molar-refractivity contribution in [2.24, 2.45) is 5.41 Å². The van der Waals surface area contributed by atoms with Crippen molar-refractivity contribution in [2.75, 3.05) is 31.1 Å². The third-order valence-corrected chi connectivity index (χ3v) is 8.26. The summed E-state index contributed by atoms with van der Waals surface area (Å²) in [7, 11) is -1.08. The molecule has 1 aromatic carbocycles. The molecule has 0 aromatic heterocycles. The van der Waals surface area contributed by atoms with E-state index in [0.717, 1.165) is 18.2 Å². The second kappa shape index (κ2) is 12.6. The second-order valence-electron chi connectivity index (χ2n) is 9.29. The van der Waals surface area contributed by atoms with E-state index in [9.17, 15) is 22.8 Å².